The molecule has 0 saturated carbocycles. The van der Waals surface area contributed by atoms with Gasteiger partial charge in [0.25, 0.3) is 0 Å². The maximum absolute atomic E-state index is 13.1. The Kier molecular flexibility index (Phi) is 44.5. The van der Waals surface area contributed by atoms with E-state index in [4.69, 9.17) is 23.7 Å². The fourth-order valence-electron chi connectivity index (χ4n) is 8.69. The molecule has 412 valence electrons. The Morgan fingerprint density at radius 1 is 0.465 bits per heavy atom. The van der Waals surface area contributed by atoms with Crippen molar-refractivity contribution in [3.05, 3.63) is 36.5 Å². The van der Waals surface area contributed by atoms with E-state index < -0.39 is 67.3 Å². The number of esters is 3. The maximum atomic E-state index is 13.1. The van der Waals surface area contributed by atoms with Crippen molar-refractivity contribution in [2.24, 2.45) is 0 Å². The third kappa shape index (κ3) is 38.2. The van der Waals surface area contributed by atoms with Crippen LogP contribution in [0.15, 0.2) is 36.5 Å². The summed E-state index contributed by atoms with van der Waals surface area (Å²) in [5, 5.41) is 31.4. The lowest BCUT2D eigenvalue weighted by Gasteiger charge is -2.40. The van der Waals surface area contributed by atoms with Crippen molar-refractivity contribution in [1.82, 2.24) is 0 Å². The zero-order valence-corrected chi connectivity index (χ0v) is 45.2. The minimum atomic E-state index is -1.90. The maximum Gasteiger partial charge on any atom is 0.335 e. The van der Waals surface area contributed by atoms with E-state index in [1.165, 1.54) is 96.3 Å². The number of aliphatic hydroxyl groups is 2. The molecule has 0 radical (unpaired) electrons. The second-order valence-corrected chi connectivity index (χ2v) is 19.9. The molecule has 0 aromatic rings. The van der Waals surface area contributed by atoms with Crippen LogP contribution in [0.2, 0.25) is 0 Å². The van der Waals surface area contributed by atoms with Crippen LogP contribution in [0.4, 0.5) is 0 Å². The number of carbonyl (C=O) groups excluding carboxylic acids is 3. The number of allylic oxidation sites excluding steroid dienone is 6. The molecule has 71 heavy (non-hydrogen) atoms. The number of rotatable bonds is 49. The summed E-state index contributed by atoms with van der Waals surface area (Å²) in [6.45, 7) is 5.92. The van der Waals surface area contributed by atoms with Crippen molar-refractivity contribution in [1.29, 1.82) is 0 Å². The summed E-state index contributed by atoms with van der Waals surface area (Å²) in [7, 11) is 0. The van der Waals surface area contributed by atoms with Crippen LogP contribution in [-0.2, 0) is 42.9 Å². The lowest BCUT2D eigenvalue weighted by Crippen LogP contribution is -2.61. The van der Waals surface area contributed by atoms with Gasteiger partial charge in [-0.15, -0.1) is 0 Å². The van der Waals surface area contributed by atoms with E-state index in [1.807, 2.05) is 0 Å². The van der Waals surface area contributed by atoms with Crippen LogP contribution in [0.25, 0.3) is 0 Å². The highest BCUT2D eigenvalue weighted by molar-refractivity contribution is 5.74. The molecule has 0 bridgehead atoms. The Morgan fingerprint density at radius 2 is 0.873 bits per heavy atom. The molecule has 1 heterocycles. The first-order valence-electron chi connectivity index (χ1n) is 29.0. The highest BCUT2D eigenvalue weighted by Crippen LogP contribution is 2.26. The van der Waals surface area contributed by atoms with Crippen LogP contribution in [0.5, 0.6) is 0 Å². The first kappa shape index (κ1) is 66.0. The number of aliphatic carboxylic acids is 1. The smallest absolute Gasteiger partial charge is 0.335 e. The lowest BCUT2D eigenvalue weighted by atomic mass is 9.98. The number of carboxylic acid groups (broad SMARTS) is 1. The van der Waals surface area contributed by atoms with Gasteiger partial charge in [0.15, 0.2) is 24.6 Å². The normalized spacial score (nSPS) is 18.7. The van der Waals surface area contributed by atoms with E-state index >= 15 is 0 Å². The van der Waals surface area contributed by atoms with Crippen LogP contribution in [0.1, 0.15) is 265 Å². The molecule has 0 amide bonds. The van der Waals surface area contributed by atoms with Gasteiger partial charge in [-0.2, -0.15) is 0 Å². The predicted molar refractivity (Wildman–Crippen MR) is 285 cm³/mol. The molecular weight excluding hydrogens is 901 g/mol. The van der Waals surface area contributed by atoms with Crippen molar-refractivity contribution < 1.29 is 58.2 Å². The minimum Gasteiger partial charge on any atom is -0.479 e. The second-order valence-electron chi connectivity index (χ2n) is 19.9. The Bertz CT molecular complexity index is 1380. The number of unbranched alkanes of at least 4 members (excludes halogenated alkanes) is 29. The van der Waals surface area contributed by atoms with Gasteiger partial charge in [-0.3, -0.25) is 14.4 Å². The van der Waals surface area contributed by atoms with E-state index in [2.05, 4.69) is 57.2 Å². The van der Waals surface area contributed by atoms with Gasteiger partial charge in [0, 0.05) is 19.3 Å². The fourth-order valence-corrected chi connectivity index (χ4v) is 8.69. The first-order chi connectivity index (χ1) is 34.6. The predicted octanol–water partition coefficient (Wildman–Crippen LogP) is 14.5. The van der Waals surface area contributed by atoms with Gasteiger partial charge in [0.05, 0.1) is 6.61 Å². The van der Waals surface area contributed by atoms with Gasteiger partial charge < -0.3 is 39.0 Å². The molecule has 0 aliphatic carbocycles. The van der Waals surface area contributed by atoms with Crippen molar-refractivity contribution in [2.75, 3.05) is 13.2 Å². The lowest BCUT2D eigenvalue weighted by molar-refractivity contribution is -0.301. The molecule has 0 spiro atoms. The third-order valence-electron chi connectivity index (χ3n) is 13.2. The molecule has 12 heteroatoms. The Labute approximate surface area is 431 Å². The summed E-state index contributed by atoms with van der Waals surface area (Å²) in [6.07, 6.45) is 42.6. The van der Waals surface area contributed by atoms with Crippen LogP contribution in [0.3, 0.4) is 0 Å². The summed E-state index contributed by atoms with van der Waals surface area (Å²) >= 11 is 0. The van der Waals surface area contributed by atoms with Crippen molar-refractivity contribution in [3.8, 4) is 0 Å². The summed E-state index contributed by atoms with van der Waals surface area (Å²) in [5.74, 6) is -3.13. The van der Waals surface area contributed by atoms with Crippen LogP contribution in [0, 0.1) is 0 Å². The third-order valence-corrected chi connectivity index (χ3v) is 13.2. The Balaban J connectivity index is 2.71. The van der Waals surface area contributed by atoms with E-state index in [-0.39, 0.29) is 25.9 Å². The average molecular weight is 1010 g/mol. The largest absolute Gasteiger partial charge is 0.479 e. The molecule has 12 nitrogen and oxygen atoms in total. The highest BCUT2D eigenvalue weighted by Gasteiger charge is 2.50. The van der Waals surface area contributed by atoms with Crippen LogP contribution < -0.4 is 0 Å². The average Bonchev–Trinajstić information content (AvgIpc) is 3.35. The van der Waals surface area contributed by atoms with Gasteiger partial charge in [-0.05, 0) is 70.6 Å². The quantitative estimate of drug-likeness (QED) is 0.0228. The van der Waals surface area contributed by atoms with Crippen LogP contribution >= 0.6 is 0 Å². The van der Waals surface area contributed by atoms with Crippen molar-refractivity contribution in [3.63, 3.8) is 0 Å². The number of hydrogen-bond donors (Lipinski definition) is 3. The summed E-state index contributed by atoms with van der Waals surface area (Å²) in [6, 6.07) is 0. The Morgan fingerprint density at radius 3 is 1.34 bits per heavy atom. The van der Waals surface area contributed by atoms with Crippen molar-refractivity contribution in [2.45, 2.75) is 302 Å². The molecule has 1 fully saturated rings. The fraction of sp³-hybridized carbons (Fsp3) is 0.831. The highest BCUT2D eigenvalue weighted by atomic mass is 16.7. The molecule has 6 atom stereocenters. The van der Waals surface area contributed by atoms with E-state index in [1.54, 1.807) is 0 Å². The molecular formula is C59H104O12. The second kappa shape index (κ2) is 47.9. The molecule has 0 aromatic carbocycles. The number of carbonyl (C=O) groups is 4. The van der Waals surface area contributed by atoms with E-state index in [0.29, 0.717) is 19.3 Å². The number of carboxylic acids is 1. The molecule has 6 unspecified atom stereocenters. The van der Waals surface area contributed by atoms with E-state index in [0.717, 1.165) is 109 Å². The minimum absolute atomic E-state index is 0.0461. The van der Waals surface area contributed by atoms with Gasteiger partial charge in [0.1, 0.15) is 18.8 Å². The molecule has 0 aromatic heterocycles. The van der Waals surface area contributed by atoms with Gasteiger partial charge in [-0.1, -0.05) is 211 Å². The van der Waals surface area contributed by atoms with Crippen molar-refractivity contribution >= 4 is 23.9 Å². The number of ether oxygens (including phenoxy) is 5. The summed E-state index contributed by atoms with van der Waals surface area (Å²) in [4.78, 5) is 51.0. The van der Waals surface area contributed by atoms with Crippen LogP contribution in [-0.4, -0.2) is 89.2 Å². The topological polar surface area (TPSA) is 175 Å². The summed E-state index contributed by atoms with van der Waals surface area (Å²) < 4.78 is 28.4. The SMILES string of the molecule is CCC/C=C\C/C=C\CCCCCCCC(=O)OC1C(OCC(COC(=O)CCCCCCC/C=C\CCCCCCCC)OC(=O)CCCCCCCCCCCCCCC)OC(C(=O)O)C(O)C1O. The van der Waals surface area contributed by atoms with Gasteiger partial charge in [0.2, 0.25) is 0 Å². The summed E-state index contributed by atoms with van der Waals surface area (Å²) in [5.41, 5.74) is 0. The van der Waals surface area contributed by atoms with Gasteiger partial charge >= 0.3 is 23.9 Å². The van der Waals surface area contributed by atoms with E-state index in [9.17, 15) is 34.5 Å². The standard InChI is InChI=1S/C59H104O12/c1-4-7-10-13-16-19-22-25-26-29-30-33-36-39-42-45-51(60)67-48-50(69-52(61)46-43-40-37-34-31-27-23-20-17-14-11-8-5-2)49-68-59-57(55(64)54(63)56(71-59)58(65)66)70-53(62)47-44-41-38-35-32-28-24-21-18-15-12-9-6-3/h12,15,21,24-26,50,54-57,59,63-64H,4-11,13-14,16-20,22-23,27-49H2,1-3H3,(H,65,66)/b15-12-,24-21-,26-25-. The molecule has 1 aliphatic heterocycles. The molecule has 1 aliphatic rings. The van der Waals surface area contributed by atoms with Gasteiger partial charge in [-0.25, -0.2) is 4.79 Å². The Hall–Kier alpha value is -3.06. The zero-order valence-electron chi connectivity index (χ0n) is 45.2. The monoisotopic (exact) mass is 1000 g/mol. The molecule has 3 N–H and O–H groups in total. The first-order valence-corrected chi connectivity index (χ1v) is 29.0. The molecule has 1 rings (SSSR count). The molecule has 1 saturated heterocycles. The number of aliphatic hydroxyl groups excluding tert-OH is 2. The zero-order chi connectivity index (χ0) is 51.8. The number of hydrogen-bond acceptors (Lipinski definition) is 11.